The smallest absolute Gasteiger partial charge is 0.352 e. The third-order valence-electron chi connectivity index (χ3n) is 3.97. The number of esters is 1. The van der Waals surface area contributed by atoms with Crippen molar-refractivity contribution < 1.29 is 19.0 Å². The summed E-state index contributed by atoms with van der Waals surface area (Å²) in [5, 5.41) is 9.48. The number of carbonyl (C=O) groups is 1. The maximum Gasteiger partial charge on any atom is 0.352 e. The third-order valence-corrected chi connectivity index (χ3v) is 3.97. The Hall–Kier alpha value is -3.52. The average Bonchev–Trinajstić information content (AvgIpc) is 2.69. The van der Waals surface area contributed by atoms with E-state index in [1.807, 2.05) is 55.5 Å². The van der Waals surface area contributed by atoms with Crippen molar-refractivity contribution in [3.63, 3.8) is 0 Å². The molecule has 0 amide bonds. The fourth-order valence-electron chi connectivity index (χ4n) is 2.81. The van der Waals surface area contributed by atoms with E-state index in [2.05, 4.69) is 0 Å². The van der Waals surface area contributed by atoms with Crippen LogP contribution in [0.2, 0.25) is 0 Å². The Morgan fingerprint density at radius 2 is 1.89 bits per heavy atom. The van der Waals surface area contributed by atoms with Crippen molar-refractivity contribution in [3.8, 4) is 17.6 Å². The molecule has 5 nitrogen and oxygen atoms in total. The number of benzene rings is 2. The number of rotatable bonds is 5. The molecule has 0 fully saturated rings. The fourth-order valence-corrected chi connectivity index (χ4v) is 2.81. The highest BCUT2D eigenvalue weighted by atomic mass is 16.5. The van der Waals surface area contributed by atoms with Crippen molar-refractivity contribution in [2.45, 2.75) is 13.8 Å². The van der Waals surface area contributed by atoms with Crippen LogP contribution in [-0.2, 0) is 9.53 Å². The van der Waals surface area contributed by atoms with Gasteiger partial charge in [-0.2, -0.15) is 5.26 Å². The highest BCUT2D eigenvalue weighted by Gasteiger charge is 2.25. The summed E-state index contributed by atoms with van der Waals surface area (Å²) in [7, 11) is 0. The summed E-state index contributed by atoms with van der Waals surface area (Å²) in [5.74, 6) is 0.632. The Labute approximate surface area is 158 Å². The van der Waals surface area contributed by atoms with Gasteiger partial charge in [0.25, 0.3) is 0 Å². The van der Waals surface area contributed by atoms with Crippen LogP contribution in [0.25, 0.3) is 5.57 Å². The number of hydrogen-bond donors (Lipinski definition) is 0. The predicted molar refractivity (Wildman–Crippen MR) is 101 cm³/mol. The van der Waals surface area contributed by atoms with Gasteiger partial charge in [-0.25, -0.2) is 4.79 Å². The van der Waals surface area contributed by atoms with Gasteiger partial charge < -0.3 is 14.2 Å². The molecule has 27 heavy (non-hydrogen) atoms. The van der Waals surface area contributed by atoms with Gasteiger partial charge in [-0.3, -0.25) is 0 Å². The molecule has 0 unspecified atom stereocenters. The number of allylic oxidation sites excluding steroid dienone is 1. The van der Waals surface area contributed by atoms with Crippen molar-refractivity contribution in [2.75, 3.05) is 13.2 Å². The first-order valence-corrected chi connectivity index (χ1v) is 8.71. The van der Waals surface area contributed by atoms with Crippen molar-refractivity contribution in [3.05, 3.63) is 77.1 Å². The molecule has 1 heterocycles. The number of fused-ring (bicyclic) bond motifs is 1. The van der Waals surface area contributed by atoms with E-state index >= 15 is 0 Å². The van der Waals surface area contributed by atoms with E-state index in [1.54, 1.807) is 19.1 Å². The van der Waals surface area contributed by atoms with Gasteiger partial charge in [-0.15, -0.1) is 0 Å². The molecule has 0 N–H and O–H groups in total. The normalized spacial score (nSPS) is 14.2. The molecule has 0 saturated carbocycles. The van der Waals surface area contributed by atoms with E-state index in [9.17, 15) is 10.1 Å². The second-order valence-corrected chi connectivity index (χ2v) is 5.69. The molecule has 1 aliphatic rings. The SMILES string of the molecule is CCOC(=O)C(C#N)=C1C=C(c2ccccc2)c2ccc(OCC)cc2O1. The molecule has 5 heteroatoms. The zero-order chi connectivity index (χ0) is 19.2. The topological polar surface area (TPSA) is 68.6 Å². The molecule has 1 aliphatic heterocycles. The third kappa shape index (κ3) is 3.85. The zero-order valence-electron chi connectivity index (χ0n) is 15.2. The van der Waals surface area contributed by atoms with Gasteiger partial charge in [-0.05, 0) is 43.2 Å². The molecule has 2 aromatic rings. The molecular formula is C22H19NO4. The Balaban J connectivity index is 2.18. The van der Waals surface area contributed by atoms with Gasteiger partial charge in [0, 0.05) is 11.6 Å². The first kappa shape index (κ1) is 18.3. The lowest BCUT2D eigenvalue weighted by atomic mass is 9.94. The molecule has 0 atom stereocenters. The highest BCUT2D eigenvalue weighted by Crippen LogP contribution is 2.40. The van der Waals surface area contributed by atoms with Crippen LogP contribution in [0, 0.1) is 11.3 Å². The van der Waals surface area contributed by atoms with Crippen LogP contribution in [0.5, 0.6) is 11.5 Å². The lowest BCUT2D eigenvalue weighted by molar-refractivity contribution is -0.138. The van der Waals surface area contributed by atoms with Crippen LogP contribution >= 0.6 is 0 Å². The van der Waals surface area contributed by atoms with Crippen LogP contribution in [0.1, 0.15) is 25.0 Å². The quantitative estimate of drug-likeness (QED) is 0.452. The standard InChI is InChI=1S/C22H19NO4/c1-3-25-16-10-11-17-18(15-8-6-5-7-9-15)13-21(27-20(17)12-16)19(14-23)22(24)26-4-2/h5-13H,3-4H2,1-2H3. The first-order chi connectivity index (χ1) is 13.2. The predicted octanol–water partition coefficient (Wildman–Crippen LogP) is 4.25. The Morgan fingerprint density at radius 3 is 2.56 bits per heavy atom. The lowest BCUT2D eigenvalue weighted by Crippen LogP contribution is -2.14. The minimum Gasteiger partial charge on any atom is -0.494 e. The molecule has 0 spiro atoms. The van der Waals surface area contributed by atoms with Crippen molar-refractivity contribution in [2.24, 2.45) is 0 Å². The summed E-state index contributed by atoms with van der Waals surface area (Å²) in [6.45, 7) is 4.29. The van der Waals surface area contributed by atoms with Crippen molar-refractivity contribution >= 4 is 11.5 Å². The molecule has 136 valence electrons. The van der Waals surface area contributed by atoms with E-state index in [1.165, 1.54) is 0 Å². The van der Waals surface area contributed by atoms with Gasteiger partial charge in [0.2, 0.25) is 0 Å². The Morgan fingerprint density at radius 1 is 1.11 bits per heavy atom. The number of carbonyl (C=O) groups excluding carboxylic acids is 1. The number of hydrogen-bond acceptors (Lipinski definition) is 5. The summed E-state index contributed by atoms with van der Waals surface area (Å²) in [4.78, 5) is 12.2. The van der Waals surface area contributed by atoms with Crippen molar-refractivity contribution in [1.82, 2.24) is 0 Å². The number of ether oxygens (including phenoxy) is 3. The summed E-state index contributed by atoms with van der Waals surface area (Å²) < 4.78 is 16.4. The van der Waals surface area contributed by atoms with E-state index < -0.39 is 5.97 Å². The largest absolute Gasteiger partial charge is 0.494 e. The minimum absolute atomic E-state index is 0.163. The molecule has 0 aliphatic carbocycles. The van der Waals surface area contributed by atoms with Crippen LogP contribution in [-0.4, -0.2) is 19.2 Å². The van der Waals surface area contributed by atoms with E-state index in [4.69, 9.17) is 14.2 Å². The van der Waals surface area contributed by atoms with Gasteiger partial charge in [-0.1, -0.05) is 30.3 Å². The molecule has 0 radical (unpaired) electrons. The van der Waals surface area contributed by atoms with E-state index in [0.717, 1.165) is 16.7 Å². The number of nitrogens with zero attached hydrogens (tertiary/aromatic N) is 1. The maximum atomic E-state index is 12.2. The van der Waals surface area contributed by atoms with Gasteiger partial charge >= 0.3 is 5.97 Å². The Bertz CT molecular complexity index is 952. The first-order valence-electron chi connectivity index (χ1n) is 8.71. The second-order valence-electron chi connectivity index (χ2n) is 5.69. The van der Waals surface area contributed by atoms with Gasteiger partial charge in [0.05, 0.1) is 13.2 Å². The highest BCUT2D eigenvalue weighted by molar-refractivity contribution is 5.96. The monoisotopic (exact) mass is 361 g/mol. The summed E-state index contributed by atoms with van der Waals surface area (Å²) in [6, 6.07) is 17.2. The van der Waals surface area contributed by atoms with Gasteiger partial charge in [0.15, 0.2) is 11.3 Å². The van der Waals surface area contributed by atoms with Crippen LogP contribution in [0.3, 0.4) is 0 Å². The number of nitriles is 1. The molecule has 3 rings (SSSR count). The van der Waals surface area contributed by atoms with Crippen LogP contribution < -0.4 is 9.47 Å². The summed E-state index contributed by atoms with van der Waals surface area (Å²) in [5.41, 5.74) is 2.49. The van der Waals surface area contributed by atoms with E-state index in [-0.39, 0.29) is 17.9 Å². The zero-order valence-corrected chi connectivity index (χ0v) is 15.2. The van der Waals surface area contributed by atoms with Gasteiger partial charge in [0.1, 0.15) is 17.6 Å². The lowest BCUT2D eigenvalue weighted by Gasteiger charge is -2.22. The Kier molecular flexibility index (Phi) is 5.58. The minimum atomic E-state index is -0.705. The average molecular weight is 361 g/mol. The molecular weight excluding hydrogens is 342 g/mol. The van der Waals surface area contributed by atoms with Crippen molar-refractivity contribution in [1.29, 1.82) is 5.26 Å². The molecule has 0 aromatic heterocycles. The summed E-state index contributed by atoms with van der Waals surface area (Å²) in [6.07, 6.45) is 1.70. The van der Waals surface area contributed by atoms with E-state index in [0.29, 0.717) is 18.1 Å². The molecule has 2 aromatic carbocycles. The fraction of sp³-hybridized carbons (Fsp3) is 0.182. The second kappa shape index (κ2) is 8.24. The molecule has 0 saturated heterocycles. The van der Waals surface area contributed by atoms with Crippen LogP contribution in [0.15, 0.2) is 65.9 Å². The molecule has 0 bridgehead atoms. The van der Waals surface area contributed by atoms with Crippen LogP contribution in [0.4, 0.5) is 0 Å². The summed E-state index contributed by atoms with van der Waals surface area (Å²) >= 11 is 0. The maximum absolute atomic E-state index is 12.2.